The third kappa shape index (κ3) is 7.09. The number of methoxy groups -OCH3 is 2. The second-order valence-electron chi connectivity index (χ2n) is 8.32. The molecule has 11 nitrogen and oxygen atoms in total. The van der Waals surface area contributed by atoms with Crippen LogP contribution in [0.2, 0.25) is 0 Å². The number of carbonyl (C=O) groups excluding carboxylic acids is 1. The van der Waals surface area contributed by atoms with Gasteiger partial charge in [0.2, 0.25) is 5.88 Å². The molecule has 4 aromatic rings. The van der Waals surface area contributed by atoms with Gasteiger partial charge in [-0.1, -0.05) is 30.3 Å². The predicted octanol–water partition coefficient (Wildman–Crippen LogP) is 5.32. The van der Waals surface area contributed by atoms with Gasteiger partial charge >= 0.3 is 12.0 Å². The van der Waals surface area contributed by atoms with Gasteiger partial charge in [-0.15, -0.1) is 11.3 Å². The smallest absolute Gasteiger partial charge is 0.341 e. The summed E-state index contributed by atoms with van der Waals surface area (Å²) in [7, 11) is -1.23. The summed E-state index contributed by atoms with van der Waals surface area (Å²) in [5, 5.41) is 6.87. The number of thiocarbonyl (C=S) groups is 1. The first-order valence-corrected chi connectivity index (χ1v) is 14.9. The minimum Gasteiger partial charge on any atom is -0.481 e. The van der Waals surface area contributed by atoms with Crippen molar-refractivity contribution in [3.05, 3.63) is 71.1 Å². The summed E-state index contributed by atoms with van der Waals surface area (Å²) in [4.78, 5) is 21.8. The van der Waals surface area contributed by atoms with E-state index in [1.54, 1.807) is 19.1 Å². The van der Waals surface area contributed by atoms with E-state index in [4.69, 9.17) is 26.4 Å². The molecule has 0 saturated carbocycles. The van der Waals surface area contributed by atoms with E-state index in [2.05, 4.69) is 25.3 Å². The van der Waals surface area contributed by atoms with Gasteiger partial charge in [0.25, 0.3) is 10.0 Å². The lowest BCUT2D eigenvalue weighted by Crippen LogP contribution is -2.20. The maximum absolute atomic E-state index is 12.9. The van der Waals surface area contributed by atoms with E-state index >= 15 is 0 Å². The molecule has 0 aliphatic heterocycles. The van der Waals surface area contributed by atoms with Gasteiger partial charge < -0.3 is 24.8 Å². The molecular weight excluding hydrogens is 587 g/mol. The van der Waals surface area contributed by atoms with Crippen LogP contribution in [0.3, 0.4) is 0 Å². The largest absolute Gasteiger partial charge is 0.481 e. The number of aromatic nitrogens is 2. The van der Waals surface area contributed by atoms with E-state index in [-0.39, 0.29) is 34.3 Å². The molecular formula is C27H27N5O6S3. The van der Waals surface area contributed by atoms with Gasteiger partial charge in [-0.05, 0) is 55.9 Å². The average molecular weight is 614 g/mol. The Morgan fingerprint density at radius 3 is 2.34 bits per heavy atom. The van der Waals surface area contributed by atoms with Crippen molar-refractivity contribution in [3.8, 4) is 23.0 Å². The van der Waals surface area contributed by atoms with Crippen molar-refractivity contribution < 1.29 is 27.4 Å². The third-order valence-corrected chi connectivity index (χ3v) is 8.18. The molecule has 0 radical (unpaired) electrons. The van der Waals surface area contributed by atoms with E-state index in [0.29, 0.717) is 16.3 Å². The normalized spacial score (nSPS) is 10.9. The molecule has 41 heavy (non-hydrogen) atoms. The number of nitrogens with one attached hydrogen (secondary N) is 3. The van der Waals surface area contributed by atoms with E-state index in [1.807, 2.05) is 37.3 Å². The maximum atomic E-state index is 12.9. The average Bonchev–Trinajstić information content (AvgIpc) is 3.28. The summed E-state index contributed by atoms with van der Waals surface area (Å²) in [5.74, 6) is -0.333. The van der Waals surface area contributed by atoms with Crippen molar-refractivity contribution >= 4 is 61.2 Å². The van der Waals surface area contributed by atoms with Crippen LogP contribution in [0.4, 0.5) is 16.5 Å². The summed E-state index contributed by atoms with van der Waals surface area (Å²) in [5.41, 5.74) is 2.59. The Kier molecular flexibility index (Phi) is 9.37. The summed E-state index contributed by atoms with van der Waals surface area (Å²) < 4.78 is 43.6. The second kappa shape index (κ2) is 12.9. The van der Waals surface area contributed by atoms with Crippen molar-refractivity contribution in [2.24, 2.45) is 0 Å². The molecule has 2 aromatic carbocycles. The highest BCUT2D eigenvalue weighted by Crippen LogP contribution is 2.40. The fourth-order valence-electron chi connectivity index (χ4n) is 3.81. The highest BCUT2D eigenvalue weighted by atomic mass is 32.2. The number of esters is 1. The van der Waals surface area contributed by atoms with Crippen LogP contribution in [0.15, 0.2) is 65.6 Å². The quantitative estimate of drug-likeness (QED) is 0.158. The number of thiophene rings is 1. The minimum atomic E-state index is -3.98. The van der Waals surface area contributed by atoms with E-state index in [0.717, 1.165) is 16.0 Å². The van der Waals surface area contributed by atoms with Crippen LogP contribution in [-0.2, 0) is 14.8 Å². The van der Waals surface area contributed by atoms with Crippen LogP contribution < -0.4 is 24.8 Å². The number of sulfonamides is 1. The number of aryl methyl sites for hydroxylation is 1. The molecule has 0 atom stereocenters. The molecule has 0 spiro atoms. The lowest BCUT2D eigenvalue weighted by Gasteiger charge is -2.13. The van der Waals surface area contributed by atoms with E-state index < -0.39 is 16.0 Å². The Labute approximate surface area is 247 Å². The molecule has 0 saturated heterocycles. The topological polar surface area (TPSA) is 141 Å². The molecule has 214 valence electrons. The SMILES string of the molecule is CCOC(=O)c1c(NC(=S)Nc2ccc(S(=O)(=O)Nc3cc(OC)nc(OC)n3)cc2)sc(C)c1-c1ccccc1. The number of carbonyl (C=O) groups is 1. The molecule has 3 N–H and O–H groups in total. The number of hydrogen-bond acceptors (Lipinski definition) is 10. The number of rotatable bonds is 10. The number of nitrogens with zero attached hydrogens (tertiary/aromatic N) is 2. The Balaban J connectivity index is 1.51. The fraction of sp³-hybridized carbons (Fsp3) is 0.185. The zero-order valence-electron chi connectivity index (χ0n) is 22.5. The Hall–Kier alpha value is -4.27. The van der Waals surface area contributed by atoms with Gasteiger partial charge in [0, 0.05) is 22.2 Å². The zero-order chi connectivity index (χ0) is 29.6. The number of hydrogen-bond donors (Lipinski definition) is 3. The first-order valence-electron chi connectivity index (χ1n) is 12.2. The summed E-state index contributed by atoms with van der Waals surface area (Å²) in [6.45, 7) is 3.91. The van der Waals surface area contributed by atoms with Crippen LogP contribution in [0.1, 0.15) is 22.2 Å². The van der Waals surface area contributed by atoms with Crippen LogP contribution in [-0.4, -0.2) is 50.3 Å². The number of benzene rings is 2. The van der Waals surface area contributed by atoms with Crippen molar-refractivity contribution in [3.63, 3.8) is 0 Å². The van der Waals surface area contributed by atoms with Crippen molar-refractivity contribution in [1.82, 2.24) is 9.97 Å². The molecule has 0 unspecified atom stereocenters. The highest BCUT2D eigenvalue weighted by Gasteiger charge is 2.25. The van der Waals surface area contributed by atoms with Crippen molar-refractivity contribution in [2.45, 2.75) is 18.7 Å². The predicted molar refractivity (Wildman–Crippen MR) is 163 cm³/mol. The van der Waals surface area contributed by atoms with Gasteiger partial charge in [0.15, 0.2) is 10.9 Å². The van der Waals surface area contributed by atoms with E-state index in [1.165, 1.54) is 43.8 Å². The van der Waals surface area contributed by atoms with Crippen LogP contribution in [0.25, 0.3) is 11.1 Å². The molecule has 0 bridgehead atoms. The monoisotopic (exact) mass is 613 g/mol. The van der Waals surface area contributed by atoms with Gasteiger partial charge in [0.1, 0.15) is 10.6 Å². The van der Waals surface area contributed by atoms with Gasteiger partial charge in [0.05, 0.1) is 25.7 Å². The molecule has 2 aromatic heterocycles. The van der Waals surface area contributed by atoms with Gasteiger partial charge in [-0.25, -0.2) is 13.2 Å². The molecule has 2 heterocycles. The van der Waals surface area contributed by atoms with Crippen molar-refractivity contribution in [2.75, 3.05) is 36.2 Å². The van der Waals surface area contributed by atoms with Gasteiger partial charge in [-0.3, -0.25) is 4.72 Å². The lowest BCUT2D eigenvalue weighted by molar-refractivity contribution is 0.0529. The zero-order valence-corrected chi connectivity index (χ0v) is 25.0. The molecule has 4 rings (SSSR count). The van der Waals surface area contributed by atoms with Crippen molar-refractivity contribution in [1.29, 1.82) is 0 Å². The number of ether oxygens (including phenoxy) is 3. The standard InChI is InChI=1S/C27H27N5O6S3/c1-5-38-25(33)23-22(17-9-7-6-8-10-17)16(2)40-24(23)31-27(39)28-18-11-13-19(14-12-18)41(34,35)32-20-15-21(36-3)30-26(29-20)37-4/h6-15H,5H2,1-4H3,(H2,28,31,39)(H,29,30,32). The van der Waals surface area contributed by atoms with Gasteiger partial charge in [-0.2, -0.15) is 9.97 Å². The molecule has 0 amide bonds. The van der Waals surface area contributed by atoms with Crippen LogP contribution in [0, 0.1) is 6.92 Å². The second-order valence-corrected chi connectivity index (χ2v) is 11.6. The van der Waals surface area contributed by atoms with Crippen LogP contribution in [0.5, 0.6) is 11.9 Å². The van der Waals surface area contributed by atoms with E-state index in [9.17, 15) is 13.2 Å². The number of anilines is 3. The molecule has 14 heteroatoms. The lowest BCUT2D eigenvalue weighted by atomic mass is 10.0. The maximum Gasteiger partial charge on any atom is 0.341 e. The Morgan fingerprint density at radius 1 is 1.00 bits per heavy atom. The minimum absolute atomic E-state index is 0.00976. The highest BCUT2D eigenvalue weighted by molar-refractivity contribution is 7.92. The summed E-state index contributed by atoms with van der Waals surface area (Å²) in [6.07, 6.45) is 0. The Bertz CT molecular complexity index is 1640. The Morgan fingerprint density at radius 2 is 1.71 bits per heavy atom. The third-order valence-electron chi connectivity index (χ3n) is 5.59. The van der Waals surface area contributed by atoms with Crippen LogP contribution >= 0.6 is 23.6 Å². The first kappa shape index (κ1) is 29.7. The fourth-order valence-corrected chi connectivity index (χ4v) is 6.16. The molecule has 0 fully saturated rings. The summed E-state index contributed by atoms with van der Waals surface area (Å²) >= 11 is 6.89. The summed E-state index contributed by atoms with van der Waals surface area (Å²) in [6, 6.07) is 16.8. The molecule has 0 aliphatic rings. The molecule has 0 aliphatic carbocycles. The first-order chi connectivity index (χ1) is 19.6.